The molecule has 0 saturated heterocycles. The lowest BCUT2D eigenvalue weighted by atomic mass is 10.1. The van der Waals surface area contributed by atoms with Crippen LogP contribution in [-0.2, 0) is 17.5 Å². The van der Waals surface area contributed by atoms with Gasteiger partial charge < -0.3 is 5.32 Å². The molecule has 3 heterocycles. The molecule has 0 aliphatic heterocycles. The predicted octanol–water partition coefficient (Wildman–Crippen LogP) is 4.05. The number of carbonyl (C=O) groups is 1. The van der Waals surface area contributed by atoms with Crippen LogP contribution in [0.2, 0.25) is 0 Å². The summed E-state index contributed by atoms with van der Waals surface area (Å²) >= 11 is 2.39. The number of nitrogens with zero attached hydrogens (tertiary/aromatic N) is 4. The van der Waals surface area contributed by atoms with E-state index in [0.29, 0.717) is 0 Å². The standard InChI is InChI=1S/C20H14F3N5O2S2/c21-20(22,23)13-5-1-2-6-14(13)26-15(29)11-32-19-27-17-16(24-7-8-25-17)18(30)28(19)10-12-4-3-9-31-12/h1-9H,10-11H2,(H,26,29). The zero-order valence-electron chi connectivity index (χ0n) is 16.2. The Morgan fingerprint density at radius 1 is 1.12 bits per heavy atom. The quantitative estimate of drug-likeness (QED) is 0.333. The summed E-state index contributed by atoms with van der Waals surface area (Å²) in [5.74, 6) is -0.919. The van der Waals surface area contributed by atoms with Crippen LogP contribution in [0.25, 0.3) is 11.2 Å². The van der Waals surface area contributed by atoms with Crippen LogP contribution in [0.15, 0.2) is 64.1 Å². The number of thiophene rings is 1. The molecule has 7 nitrogen and oxygen atoms in total. The van der Waals surface area contributed by atoms with Crippen LogP contribution in [0.3, 0.4) is 0 Å². The largest absolute Gasteiger partial charge is 0.418 e. The van der Waals surface area contributed by atoms with E-state index in [1.165, 1.54) is 46.5 Å². The van der Waals surface area contributed by atoms with Crippen molar-refractivity contribution in [3.63, 3.8) is 0 Å². The van der Waals surface area contributed by atoms with Gasteiger partial charge in [-0.15, -0.1) is 11.3 Å². The molecule has 32 heavy (non-hydrogen) atoms. The van der Waals surface area contributed by atoms with Crippen LogP contribution >= 0.6 is 23.1 Å². The van der Waals surface area contributed by atoms with Crippen molar-refractivity contribution in [2.75, 3.05) is 11.1 Å². The average molecular weight is 477 g/mol. The van der Waals surface area contributed by atoms with Crippen molar-refractivity contribution >= 4 is 45.9 Å². The Kier molecular flexibility index (Phi) is 6.24. The van der Waals surface area contributed by atoms with Crippen LogP contribution in [-0.4, -0.2) is 31.2 Å². The van der Waals surface area contributed by atoms with E-state index in [2.05, 4.69) is 20.3 Å². The average Bonchev–Trinajstić information content (AvgIpc) is 3.27. The second-order valence-electron chi connectivity index (χ2n) is 6.47. The molecule has 1 amide bonds. The SMILES string of the molecule is O=C(CSc1nc2nccnc2c(=O)n1Cc1cccs1)Nc1ccccc1C(F)(F)F. The molecule has 1 N–H and O–H groups in total. The Labute approximate surface area is 187 Å². The van der Waals surface area contributed by atoms with Crippen molar-refractivity contribution in [3.8, 4) is 0 Å². The fraction of sp³-hybridized carbons (Fsp3) is 0.150. The van der Waals surface area contributed by atoms with Crippen LogP contribution < -0.4 is 10.9 Å². The smallest absolute Gasteiger partial charge is 0.325 e. The molecule has 0 fully saturated rings. The first-order valence-electron chi connectivity index (χ1n) is 9.16. The molecule has 4 rings (SSSR count). The number of thioether (sulfide) groups is 1. The zero-order valence-corrected chi connectivity index (χ0v) is 17.8. The molecule has 0 aliphatic rings. The fourth-order valence-electron chi connectivity index (χ4n) is 2.89. The van der Waals surface area contributed by atoms with Crippen molar-refractivity contribution in [1.82, 2.24) is 19.5 Å². The predicted molar refractivity (Wildman–Crippen MR) is 116 cm³/mol. The summed E-state index contributed by atoms with van der Waals surface area (Å²) in [6.45, 7) is 0.219. The van der Waals surface area contributed by atoms with Gasteiger partial charge in [0.15, 0.2) is 16.3 Å². The molecule has 0 radical (unpaired) electrons. The number of nitrogens with one attached hydrogen (secondary N) is 1. The maximum Gasteiger partial charge on any atom is 0.418 e. The molecule has 0 aliphatic carbocycles. The van der Waals surface area contributed by atoms with Crippen LogP contribution in [0.1, 0.15) is 10.4 Å². The van der Waals surface area contributed by atoms with Gasteiger partial charge in [0, 0.05) is 17.3 Å². The summed E-state index contributed by atoms with van der Waals surface area (Å²) in [6.07, 6.45) is -1.82. The highest BCUT2D eigenvalue weighted by Crippen LogP contribution is 2.34. The highest BCUT2D eigenvalue weighted by atomic mass is 32.2. The van der Waals surface area contributed by atoms with Gasteiger partial charge in [-0.05, 0) is 23.6 Å². The van der Waals surface area contributed by atoms with Crippen molar-refractivity contribution in [3.05, 3.63) is 75.0 Å². The third-order valence-corrected chi connectivity index (χ3v) is 6.13. The van der Waals surface area contributed by atoms with Crippen molar-refractivity contribution in [2.24, 2.45) is 0 Å². The molecule has 0 atom stereocenters. The van der Waals surface area contributed by atoms with E-state index in [1.54, 1.807) is 0 Å². The Bertz CT molecular complexity index is 1320. The number of fused-ring (bicyclic) bond motifs is 1. The van der Waals surface area contributed by atoms with Gasteiger partial charge >= 0.3 is 6.18 Å². The number of para-hydroxylation sites is 1. The van der Waals surface area contributed by atoms with Crippen molar-refractivity contribution in [2.45, 2.75) is 17.9 Å². The number of hydrogen-bond acceptors (Lipinski definition) is 7. The lowest BCUT2D eigenvalue weighted by molar-refractivity contribution is -0.137. The summed E-state index contributed by atoms with van der Waals surface area (Å²) < 4.78 is 40.9. The van der Waals surface area contributed by atoms with E-state index in [4.69, 9.17) is 0 Å². The summed E-state index contributed by atoms with van der Waals surface area (Å²) in [6, 6.07) is 8.43. The van der Waals surface area contributed by atoms with E-state index in [9.17, 15) is 22.8 Å². The number of hydrogen-bond donors (Lipinski definition) is 1. The highest BCUT2D eigenvalue weighted by Gasteiger charge is 2.33. The van der Waals surface area contributed by atoms with E-state index >= 15 is 0 Å². The van der Waals surface area contributed by atoms with Gasteiger partial charge in [-0.1, -0.05) is 30.0 Å². The van der Waals surface area contributed by atoms with Gasteiger partial charge in [0.25, 0.3) is 5.56 Å². The van der Waals surface area contributed by atoms with E-state index in [0.717, 1.165) is 22.7 Å². The topological polar surface area (TPSA) is 89.8 Å². The van der Waals surface area contributed by atoms with Gasteiger partial charge in [0.2, 0.25) is 5.91 Å². The highest BCUT2D eigenvalue weighted by molar-refractivity contribution is 7.99. The van der Waals surface area contributed by atoms with E-state index < -0.39 is 23.2 Å². The van der Waals surface area contributed by atoms with Crippen molar-refractivity contribution in [1.29, 1.82) is 0 Å². The Balaban J connectivity index is 1.59. The molecule has 12 heteroatoms. The number of benzene rings is 1. The van der Waals surface area contributed by atoms with Gasteiger partial charge in [0.1, 0.15) is 0 Å². The second-order valence-corrected chi connectivity index (χ2v) is 8.45. The molecule has 1 aromatic carbocycles. The normalized spacial score (nSPS) is 11.6. The maximum absolute atomic E-state index is 13.2. The number of anilines is 1. The molecule has 0 spiro atoms. The molecule has 0 saturated carbocycles. The number of halogens is 3. The fourth-order valence-corrected chi connectivity index (χ4v) is 4.37. The van der Waals surface area contributed by atoms with Crippen LogP contribution in [0.5, 0.6) is 0 Å². The summed E-state index contributed by atoms with van der Waals surface area (Å²) in [5.41, 5.74) is -1.46. The number of rotatable bonds is 6. The minimum absolute atomic E-state index is 0.0944. The Morgan fingerprint density at radius 3 is 2.66 bits per heavy atom. The summed E-state index contributed by atoms with van der Waals surface area (Å²) in [4.78, 5) is 38.7. The molecule has 4 aromatic rings. The first-order chi connectivity index (χ1) is 15.3. The molecule has 164 valence electrons. The van der Waals surface area contributed by atoms with Gasteiger partial charge in [-0.3, -0.25) is 14.2 Å². The van der Waals surface area contributed by atoms with Crippen LogP contribution in [0, 0.1) is 0 Å². The minimum Gasteiger partial charge on any atom is -0.325 e. The monoisotopic (exact) mass is 477 g/mol. The molecule has 0 unspecified atom stereocenters. The Hall–Kier alpha value is -3.25. The lowest BCUT2D eigenvalue weighted by Crippen LogP contribution is -2.25. The lowest BCUT2D eigenvalue weighted by Gasteiger charge is -2.14. The third kappa shape index (κ3) is 4.81. The first kappa shape index (κ1) is 22.0. The third-order valence-electron chi connectivity index (χ3n) is 4.29. The molecular weight excluding hydrogens is 463 g/mol. The first-order valence-corrected chi connectivity index (χ1v) is 11.0. The maximum atomic E-state index is 13.2. The minimum atomic E-state index is -4.60. The summed E-state index contributed by atoms with van der Waals surface area (Å²) in [5, 5.41) is 4.37. The molecule has 3 aromatic heterocycles. The number of carbonyl (C=O) groups excluding carboxylic acids is 1. The van der Waals surface area contributed by atoms with E-state index in [1.807, 2.05) is 17.5 Å². The summed E-state index contributed by atoms with van der Waals surface area (Å²) in [7, 11) is 0. The van der Waals surface area contributed by atoms with E-state index in [-0.39, 0.29) is 34.3 Å². The number of amides is 1. The number of alkyl halides is 3. The number of aromatic nitrogens is 4. The van der Waals surface area contributed by atoms with Crippen molar-refractivity contribution < 1.29 is 18.0 Å². The van der Waals surface area contributed by atoms with Gasteiger partial charge in [-0.2, -0.15) is 13.2 Å². The molecular formula is C20H14F3N5O2S2. The van der Waals surface area contributed by atoms with Gasteiger partial charge in [-0.25, -0.2) is 15.0 Å². The molecule has 0 bridgehead atoms. The van der Waals surface area contributed by atoms with Crippen LogP contribution in [0.4, 0.5) is 18.9 Å². The van der Waals surface area contributed by atoms with Gasteiger partial charge in [0.05, 0.1) is 23.5 Å². The zero-order chi connectivity index (χ0) is 22.7. The Morgan fingerprint density at radius 2 is 1.91 bits per heavy atom. The second kappa shape index (κ2) is 9.09.